The summed E-state index contributed by atoms with van der Waals surface area (Å²) in [6, 6.07) is 21.9. The first-order valence-corrected chi connectivity index (χ1v) is 8.88. The number of fused-ring (bicyclic) bond motifs is 1. The van der Waals surface area contributed by atoms with E-state index in [0.717, 1.165) is 22.2 Å². The van der Waals surface area contributed by atoms with Crippen LogP contribution in [0.1, 0.15) is 5.56 Å². The number of ether oxygens (including phenoxy) is 1. The highest BCUT2D eigenvalue weighted by Crippen LogP contribution is 2.26. The van der Waals surface area contributed by atoms with Crippen LogP contribution in [0.3, 0.4) is 0 Å². The lowest BCUT2D eigenvalue weighted by molar-refractivity contribution is 0.410. The topological polar surface area (TPSA) is 59.1 Å². The van der Waals surface area contributed by atoms with E-state index in [1.807, 2.05) is 48.5 Å². The Labute approximate surface area is 162 Å². The van der Waals surface area contributed by atoms with Gasteiger partial charge >= 0.3 is 0 Å². The summed E-state index contributed by atoms with van der Waals surface area (Å²) >= 11 is 0. The molecule has 0 bridgehead atoms. The van der Waals surface area contributed by atoms with Gasteiger partial charge in [-0.2, -0.15) is 4.98 Å². The van der Waals surface area contributed by atoms with Crippen LogP contribution in [0.4, 0.5) is 21.8 Å². The number of rotatable bonds is 6. The molecule has 5 nitrogen and oxygen atoms in total. The van der Waals surface area contributed by atoms with E-state index >= 15 is 0 Å². The van der Waals surface area contributed by atoms with Crippen LogP contribution >= 0.6 is 0 Å². The highest BCUT2D eigenvalue weighted by atomic mass is 19.1. The van der Waals surface area contributed by atoms with Gasteiger partial charge in [0.05, 0.1) is 18.3 Å². The molecule has 4 aromatic rings. The number of methoxy groups -OCH3 is 1. The maximum absolute atomic E-state index is 14.0. The third-order valence-electron chi connectivity index (χ3n) is 4.36. The maximum atomic E-state index is 14.0. The van der Waals surface area contributed by atoms with Crippen molar-refractivity contribution in [1.29, 1.82) is 0 Å². The highest BCUT2D eigenvalue weighted by Gasteiger charge is 2.10. The summed E-state index contributed by atoms with van der Waals surface area (Å²) in [7, 11) is 1.65. The first-order chi connectivity index (χ1) is 13.7. The summed E-state index contributed by atoms with van der Waals surface area (Å²) in [5, 5.41) is 7.20. The normalized spacial score (nSPS) is 10.6. The molecule has 0 amide bonds. The van der Waals surface area contributed by atoms with Crippen molar-refractivity contribution in [2.75, 3.05) is 17.7 Å². The third kappa shape index (κ3) is 3.71. The van der Waals surface area contributed by atoms with Crippen LogP contribution in [0.15, 0.2) is 72.8 Å². The van der Waals surface area contributed by atoms with Gasteiger partial charge in [0.25, 0.3) is 0 Å². The predicted octanol–water partition coefficient (Wildman–Crippen LogP) is 5.13. The predicted molar refractivity (Wildman–Crippen MR) is 110 cm³/mol. The fourth-order valence-electron chi connectivity index (χ4n) is 2.98. The minimum atomic E-state index is -0.359. The van der Waals surface area contributed by atoms with Crippen molar-refractivity contribution in [3.05, 3.63) is 84.2 Å². The number of para-hydroxylation sites is 3. The van der Waals surface area contributed by atoms with Crippen LogP contribution in [-0.2, 0) is 6.54 Å². The zero-order valence-corrected chi connectivity index (χ0v) is 15.3. The first-order valence-electron chi connectivity index (χ1n) is 8.88. The van der Waals surface area contributed by atoms with Crippen LogP contribution in [0.25, 0.3) is 10.9 Å². The van der Waals surface area contributed by atoms with Gasteiger partial charge in [-0.05, 0) is 30.3 Å². The number of nitrogens with zero attached hydrogens (tertiary/aromatic N) is 2. The van der Waals surface area contributed by atoms with Crippen molar-refractivity contribution >= 4 is 28.4 Å². The Morgan fingerprint density at radius 3 is 2.50 bits per heavy atom. The van der Waals surface area contributed by atoms with Gasteiger partial charge in [0, 0.05) is 17.5 Å². The summed E-state index contributed by atoms with van der Waals surface area (Å²) in [6.45, 7) is 0.532. The van der Waals surface area contributed by atoms with Crippen molar-refractivity contribution in [3.63, 3.8) is 0 Å². The molecule has 0 unspecified atom stereocenters. The summed E-state index contributed by atoms with van der Waals surface area (Å²) < 4.78 is 19.4. The smallest absolute Gasteiger partial charge is 0.229 e. The lowest BCUT2D eigenvalue weighted by Gasteiger charge is -2.13. The minimum Gasteiger partial charge on any atom is -0.496 e. The fourth-order valence-corrected chi connectivity index (χ4v) is 2.98. The molecule has 4 rings (SSSR count). The molecule has 0 spiro atoms. The van der Waals surface area contributed by atoms with Crippen molar-refractivity contribution < 1.29 is 9.13 Å². The van der Waals surface area contributed by atoms with Crippen LogP contribution in [0.5, 0.6) is 5.75 Å². The van der Waals surface area contributed by atoms with Crippen molar-refractivity contribution in [2.45, 2.75) is 6.54 Å². The minimum absolute atomic E-state index is 0.325. The number of benzene rings is 3. The van der Waals surface area contributed by atoms with Crippen LogP contribution in [0.2, 0.25) is 0 Å². The number of aromatic nitrogens is 2. The molecule has 140 valence electrons. The van der Waals surface area contributed by atoms with Crippen molar-refractivity contribution in [3.8, 4) is 5.75 Å². The van der Waals surface area contributed by atoms with E-state index in [-0.39, 0.29) is 5.82 Å². The molecule has 0 aliphatic heterocycles. The molecule has 2 N–H and O–H groups in total. The number of hydrogen-bond donors (Lipinski definition) is 2. The van der Waals surface area contributed by atoms with Gasteiger partial charge in [-0.1, -0.05) is 42.5 Å². The number of anilines is 3. The Kier molecular flexibility index (Phi) is 5.01. The summed E-state index contributed by atoms with van der Waals surface area (Å²) in [6.07, 6.45) is 0. The molecule has 0 saturated carbocycles. The van der Waals surface area contributed by atoms with Gasteiger partial charge < -0.3 is 15.4 Å². The molecule has 3 aromatic carbocycles. The monoisotopic (exact) mass is 374 g/mol. The Balaban J connectivity index is 1.67. The highest BCUT2D eigenvalue weighted by molar-refractivity contribution is 5.90. The largest absolute Gasteiger partial charge is 0.496 e. The van der Waals surface area contributed by atoms with Gasteiger partial charge in [-0.3, -0.25) is 0 Å². The van der Waals surface area contributed by atoms with Crippen LogP contribution in [-0.4, -0.2) is 17.1 Å². The van der Waals surface area contributed by atoms with Gasteiger partial charge in [0.1, 0.15) is 17.4 Å². The maximum Gasteiger partial charge on any atom is 0.229 e. The van der Waals surface area contributed by atoms with E-state index in [1.54, 1.807) is 25.3 Å². The van der Waals surface area contributed by atoms with Gasteiger partial charge in [0.15, 0.2) is 0 Å². The van der Waals surface area contributed by atoms with Crippen molar-refractivity contribution in [2.24, 2.45) is 0 Å². The van der Waals surface area contributed by atoms with E-state index in [2.05, 4.69) is 20.6 Å². The second kappa shape index (κ2) is 7.92. The van der Waals surface area contributed by atoms with E-state index in [9.17, 15) is 4.39 Å². The Morgan fingerprint density at radius 1 is 0.893 bits per heavy atom. The first kappa shape index (κ1) is 17.7. The van der Waals surface area contributed by atoms with E-state index < -0.39 is 0 Å². The van der Waals surface area contributed by atoms with E-state index in [4.69, 9.17) is 4.74 Å². The zero-order valence-electron chi connectivity index (χ0n) is 15.3. The average molecular weight is 374 g/mol. The molecular weight excluding hydrogens is 355 g/mol. The van der Waals surface area contributed by atoms with Gasteiger partial charge in [-0.15, -0.1) is 0 Å². The molecular formula is C22H19FN4O. The van der Waals surface area contributed by atoms with E-state index in [0.29, 0.717) is 24.0 Å². The number of nitrogens with one attached hydrogen (secondary N) is 2. The molecule has 1 heterocycles. The molecule has 6 heteroatoms. The fraction of sp³-hybridized carbons (Fsp3) is 0.0909. The summed E-state index contributed by atoms with van der Waals surface area (Å²) in [5.41, 5.74) is 2.10. The quantitative estimate of drug-likeness (QED) is 0.490. The molecule has 1 aromatic heterocycles. The Morgan fingerprint density at radius 2 is 1.64 bits per heavy atom. The molecule has 0 atom stereocenters. The molecule has 0 aliphatic carbocycles. The average Bonchev–Trinajstić information content (AvgIpc) is 2.74. The standard InChI is InChI=1S/C22H19FN4O/c1-28-20-13-7-2-8-15(20)14-24-21-16-9-3-5-11-18(16)25-22(27-21)26-19-12-6-4-10-17(19)23/h2-13H,14H2,1H3,(H2,24,25,26,27). The van der Waals surface area contributed by atoms with Gasteiger partial charge in [-0.25, -0.2) is 9.37 Å². The number of halogens is 1. The van der Waals surface area contributed by atoms with Crippen molar-refractivity contribution in [1.82, 2.24) is 9.97 Å². The lowest BCUT2D eigenvalue weighted by Crippen LogP contribution is -2.07. The molecule has 0 aliphatic rings. The summed E-state index contributed by atoms with van der Waals surface area (Å²) in [4.78, 5) is 9.07. The third-order valence-corrected chi connectivity index (χ3v) is 4.36. The number of hydrogen-bond acceptors (Lipinski definition) is 5. The summed E-state index contributed by atoms with van der Waals surface area (Å²) in [5.74, 6) is 1.43. The van der Waals surface area contributed by atoms with Crippen LogP contribution < -0.4 is 15.4 Å². The zero-order chi connectivity index (χ0) is 19.3. The van der Waals surface area contributed by atoms with E-state index in [1.165, 1.54) is 6.07 Å². The Bertz CT molecular complexity index is 1120. The molecule has 0 fully saturated rings. The second-order valence-corrected chi connectivity index (χ2v) is 6.18. The van der Waals surface area contributed by atoms with Gasteiger partial charge in [0.2, 0.25) is 5.95 Å². The second-order valence-electron chi connectivity index (χ2n) is 6.18. The SMILES string of the molecule is COc1ccccc1CNc1nc(Nc2ccccc2F)nc2ccccc12. The molecule has 0 saturated heterocycles. The van der Waals surface area contributed by atoms with Crippen LogP contribution in [0, 0.1) is 5.82 Å². The molecule has 28 heavy (non-hydrogen) atoms. The Hall–Kier alpha value is -3.67. The lowest BCUT2D eigenvalue weighted by atomic mass is 10.2. The molecule has 0 radical (unpaired) electrons.